The number of nitrogens with zero attached hydrogens (tertiary/aromatic N) is 1. The van der Waals surface area contributed by atoms with Gasteiger partial charge in [-0.15, -0.1) is 0 Å². The number of amides is 1. The van der Waals surface area contributed by atoms with Crippen molar-refractivity contribution >= 4 is 11.7 Å². The van der Waals surface area contributed by atoms with Gasteiger partial charge in [0, 0.05) is 0 Å². The average Bonchev–Trinajstić information content (AvgIpc) is 2.89. The zero-order valence-corrected chi connectivity index (χ0v) is 23.0. The van der Waals surface area contributed by atoms with Crippen molar-refractivity contribution in [2.75, 3.05) is 20.0 Å². The lowest BCUT2D eigenvalue weighted by Gasteiger charge is -2.55. The van der Waals surface area contributed by atoms with Gasteiger partial charge in [-0.25, -0.2) is 9.68 Å². The number of aliphatic hydroxyl groups excluding tert-OH is 5. The van der Waals surface area contributed by atoms with Crippen molar-refractivity contribution in [1.82, 2.24) is 5.23 Å². The van der Waals surface area contributed by atoms with Crippen molar-refractivity contribution in [3.8, 4) is 0 Å². The topological polar surface area (TPSA) is 258 Å². The summed E-state index contributed by atoms with van der Waals surface area (Å²) in [7, 11) is 0. The van der Waals surface area contributed by atoms with E-state index in [9.17, 15) is 60.7 Å². The summed E-state index contributed by atoms with van der Waals surface area (Å²) in [6.07, 6.45) is -5.83. The third-order valence-corrected chi connectivity index (χ3v) is 7.17. The molecule has 15 nitrogen and oxygen atoms in total. The van der Waals surface area contributed by atoms with Gasteiger partial charge in [0.25, 0.3) is 0 Å². The maximum Gasteiger partial charge on any atom is 0.308 e. The van der Waals surface area contributed by atoms with Crippen LogP contribution in [0, 0.1) is 0 Å². The number of ketones is 1. The van der Waals surface area contributed by atoms with Crippen LogP contribution in [0.15, 0.2) is 24.3 Å². The largest absolute Gasteiger partial charge is 0.394 e. The molecule has 1 aliphatic rings. The number of Topliss-reactive ketones (excluding diaryl/α,β-unsaturated/α-hetero) is 1. The molecular weight excluding hydrogens is 538 g/mol. The maximum atomic E-state index is 14.3. The standard InChI is InChI=1S/C25H43NO14/c1-5-9-21(34,18(31)16(29)13-27)22(35,10-6-2)19(32)25(38,17(30)14-28)24(37,12-8-4)23(36,11-7-3)20(33)26-39-15-40-26/h5,8-9,12,16-18,27-31,34-38H,6-7,10-11,13-15H2,1-4H3/b9-5+,12-8+. The van der Waals surface area contributed by atoms with E-state index in [0.717, 1.165) is 12.2 Å². The fourth-order valence-electron chi connectivity index (χ4n) is 5.03. The molecule has 1 amide bonds. The van der Waals surface area contributed by atoms with Gasteiger partial charge in [-0.3, -0.25) is 9.59 Å². The predicted octanol–water partition coefficient (Wildman–Crippen LogP) is -3.31. The second-order valence-corrected chi connectivity index (χ2v) is 9.74. The normalized spacial score (nSPS) is 24.2. The molecule has 15 heteroatoms. The quantitative estimate of drug-likeness (QED) is 0.0755. The van der Waals surface area contributed by atoms with Gasteiger partial charge in [-0.05, 0) is 26.7 Å². The molecule has 232 valence electrons. The number of carbonyl (C=O) groups excluding carboxylic acids is 2. The molecular formula is C25H43NO14. The van der Waals surface area contributed by atoms with E-state index in [-0.39, 0.29) is 18.1 Å². The first-order valence-corrected chi connectivity index (χ1v) is 12.8. The maximum absolute atomic E-state index is 14.3. The highest BCUT2D eigenvalue weighted by Gasteiger charge is 2.75. The molecule has 1 fully saturated rings. The van der Waals surface area contributed by atoms with E-state index < -0.39 is 90.9 Å². The van der Waals surface area contributed by atoms with E-state index >= 15 is 0 Å². The van der Waals surface area contributed by atoms with Gasteiger partial charge in [-0.1, -0.05) is 56.2 Å². The Morgan fingerprint density at radius 2 is 1.35 bits per heavy atom. The SMILES string of the molecule is C/C=C/C(O)(C(O)C(O)CO)C(O)(CCC)C(=O)C(O)(C(O)CO)C(O)(/C=C/C)C(O)(CCC)C(=O)N1OCO1. The highest BCUT2D eigenvalue weighted by molar-refractivity contribution is 6.00. The smallest absolute Gasteiger partial charge is 0.308 e. The van der Waals surface area contributed by atoms with Crippen LogP contribution in [0.5, 0.6) is 0 Å². The summed E-state index contributed by atoms with van der Waals surface area (Å²) >= 11 is 0. The molecule has 0 aromatic rings. The van der Waals surface area contributed by atoms with Gasteiger partial charge < -0.3 is 51.1 Å². The van der Waals surface area contributed by atoms with Crippen molar-refractivity contribution in [1.29, 1.82) is 0 Å². The number of rotatable bonds is 17. The lowest BCUT2D eigenvalue weighted by molar-refractivity contribution is -0.495. The first kappa shape index (κ1) is 36.2. The number of aliphatic hydroxyl groups is 10. The molecule has 10 N–H and O–H groups in total. The zero-order valence-electron chi connectivity index (χ0n) is 23.0. The Kier molecular flexibility index (Phi) is 12.5. The van der Waals surface area contributed by atoms with Crippen LogP contribution in [-0.4, -0.2) is 134 Å². The third-order valence-electron chi connectivity index (χ3n) is 7.17. The summed E-state index contributed by atoms with van der Waals surface area (Å²) in [6, 6.07) is 0. The third kappa shape index (κ3) is 5.62. The van der Waals surface area contributed by atoms with Crippen molar-refractivity contribution in [3.05, 3.63) is 24.3 Å². The van der Waals surface area contributed by atoms with Crippen LogP contribution in [0.2, 0.25) is 0 Å². The number of hydrogen-bond acceptors (Lipinski definition) is 14. The van der Waals surface area contributed by atoms with Crippen LogP contribution in [0.3, 0.4) is 0 Å². The van der Waals surface area contributed by atoms with Crippen molar-refractivity contribution < 1.29 is 70.3 Å². The Bertz CT molecular complexity index is 927. The van der Waals surface area contributed by atoms with E-state index in [1.807, 2.05) is 0 Å². The van der Waals surface area contributed by atoms with Crippen molar-refractivity contribution in [2.45, 2.75) is 99.7 Å². The van der Waals surface area contributed by atoms with Crippen LogP contribution < -0.4 is 0 Å². The Hall–Kier alpha value is -1.86. The summed E-state index contributed by atoms with van der Waals surface area (Å²) in [6.45, 7) is 2.38. The lowest BCUT2D eigenvalue weighted by Crippen LogP contribution is -2.82. The Labute approximate surface area is 231 Å². The van der Waals surface area contributed by atoms with Crippen LogP contribution in [-0.2, 0) is 19.3 Å². The van der Waals surface area contributed by atoms with E-state index in [1.54, 1.807) is 0 Å². The monoisotopic (exact) mass is 581 g/mol. The Morgan fingerprint density at radius 3 is 1.73 bits per heavy atom. The molecule has 0 saturated carbocycles. The Balaban J connectivity index is 4.20. The van der Waals surface area contributed by atoms with Gasteiger partial charge in [-0.2, -0.15) is 0 Å². The minimum Gasteiger partial charge on any atom is -0.394 e. The van der Waals surface area contributed by atoms with Gasteiger partial charge in [0.1, 0.15) is 23.9 Å². The molecule has 0 radical (unpaired) electrons. The molecule has 0 spiro atoms. The molecule has 1 saturated heterocycles. The number of hydrogen-bond donors (Lipinski definition) is 10. The van der Waals surface area contributed by atoms with Crippen LogP contribution in [0.1, 0.15) is 53.4 Å². The number of hydroxylamine groups is 2. The van der Waals surface area contributed by atoms with Crippen molar-refractivity contribution in [3.63, 3.8) is 0 Å². The second-order valence-electron chi connectivity index (χ2n) is 9.74. The number of carbonyl (C=O) groups is 2. The summed E-state index contributed by atoms with van der Waals surface area (Å²) in [5.74, 6) is -3.59. The summed E-state index contributed by atoms with van der Waals surface area (Å²) < 4.78 is 0. The van der Waals surface area contributed by atoms with Gasteiger partial charge in [0.2, 0.25) is 12.6 Å². The summed E-state index contributed by atoms with van der Waals surface area (Å²) in [5.41, 5.74) is -17.4. The average molecular weight is 582 g/mol. The van der Waals surface area contributed by atoms with Gasteiger partial charge >= 0.3 is 5.91 Å². The van der Waals surface area contributed by atoms with E-state index in [2.05, 4.69) is 0 Å². The van der Waals surface area contributed by atoms with E-state index in [1.165, 1.54) is 27.7 Å². The minimum atomic E-state index is -3.91. The Morgan fingerprint density at radius 1 is 0.850 bits per heavy atom. The lowest BCUT2D eigenvalue weighted by atomic mass is 9.58. The molecule has 1 rings (SSSR count). The van der Waals surface area contributed by atoms with Crippen LogP contribution in [0.4, 0.5) is 0 Å². The molecule has 8 atom stereocenters. The first-order valence-electron chi connectivity index (χ1n) is 12.8. The van der Waals surface area contributed by atoms with Gasteiger partial charge in [0.05, 0.1) is 13.2 Å². The van der Waals surface area contributed by atoms with E-state index in [0.29, 0.717) is 12.2 Å². The first-order chi connectivity index (χ1) is 18.5. The van der Waals surface area contributed by atoms with Gasteiger partial charge in [0.15, 0.2) is 22.4 Å². The molecule has 1 heterocycles. The molecule has 8 unspecified atom stereocenters. The second kappa shape index (κ2) is 13.9. The molecule has 0 aromatic carbocycles. The van der Waals surface area contributed by atoms with Crippen molar-refractivity contribution in [2.24, 2.45) is 0 Å². The van der Waals surface area contributed by atoms with Crippen LogP contribution >= 0.6 is 0 Å². The summed E-state index contributed by atoms with van der Waals surface area (Å²) in [5, 5.41) is 110. The minimum absolute atomic E-state index is 0.0847. The molecule has 0 aliphatic carbocycles. The predicted molar refractivity (Wildman–Crippen MR) is 135 cm³/mol. The molecule has 40 heavy (non-hydrogen) atoms. The zero-order chi connectivity index (χ0) is 31.2. The fraction of sp³-hybridized carbons (Fsp3) is 0.760. The molecule has 0 bridgehead atoms. The molecule has 0 aromatic heterocycles. The number of allylic oxidation sites excluding steroid dienone is 2. The fourth-order valence-corrected chi connectivity index (χ4v) is 5.03. The molecule has 1 aliphatic heterocycles. The highest BCUT2D eigenvalue weighted by Crippen LogP contribution is 2.47. The highest BCUT2D eigenvalue weighted by atomic mass is 17.1. The van der Waals surface area contributed by atoms with E-state index in [4.69, 9.17) is 9.68 Å². The van der Waals surface area contributed by atoms with Crippen LogP contribution in [0.25, 0.3) is 0 Å². The summed E-state index contributed by atoms with van der Waals surface area (Å²) in [4.78, 5) is 37.2.